The molecular weight excluding hydrogens is 236 g/mol. The molecule has 0 amide bonds. The zero-order valence-electron chi connectivity index (χ0n) is 9.70. The number of halogens is 2. The molecule has 0 radical (unpaired) electrons. The number of aliphatic hydroxyl groups excluding tert-OH is 1. The van der Waals surface area contributed by atoms with E-state index in [0.717, 1.165) is 4.90 Å². The molecule has 0 heterocycles. The lowest BCUT2D eigenvalue weighted by Gasteiger charge is -2.19. The van der Waals surface area contributed by atoms with Crippen LogP contribution in [0.1, 0.15) is 13.3 Å². The summed E-state index contributed by atoms with van der Waals surface area (Å²) >= 11 is 0. The maximum Gasteiger partial charge on any atom is 0.313 e. The number of hydrogen-bond acceptors (Lipinski definition) is 5. The van der Waals surface area contributed by atoms with Gasteiger partial charge in [0.2, 0.25) is 0 Å². The Balaban J connectivity index is 4.06. The molecule has 0 aliphatic heterocycles. The molecule has 7 heteroatoms. The zero-order valence-corrected chi connectivity index (χ0v) is 9.70. The lowest BCUT2D eigenvalue weighted by atomic mass is 10.2. The summed E-state index contributed by atoms with van der Waals surface area (Å²) < 4.78 is 28.8. The van der Waals surface area contributed by atoms with Crippen LogP contribution in [-0.2, 0) is 14.3 Å². The highest BCUT2D eigenvalue weighted by Crippen LogP contribution is 2.00. The minimum absolute atomic E-state index is 0.0289. The Morgan fingerprint density at radius 1 is 1.41 bits per heavy atom. The van der Waals surface area contributed by atoms with Crippen LogP contribution in [-0.4, -0.2) is 61.0 Å². The lowest BCUT2D eigenvalue weighted by molar-refractivity contribution is -0.145. The number of hydrogen-bond donors (Lipinski definition) is 1. The third-order valence-electron chi connectivity index (χ3n) is 1.86. The van der Waals surface area contributed by atoms with Crippen molar-refractivity contribution < 1.29 is 28.2 Å². The number of Topliss-reactive ketones (excluding diaryl/α,β-unsaturated/α-hetero) is 1. The highest BCUT2D eigenvalue weighted by atomic mass is 19.3. The van der Waals surface area contributed by atoms with Crippen LogP contribution >= 0.6 is 0 Å². The number of alkyl halides is 2. The molecule has 0 saturated carbocycles. The van der Waals surface area contributed by atoms with E-state index in [0.29, 0.717) is 0 Å². The number of rotatable bonds is 9. The SMILES string of the molecule is CCOC(=O)CC(=O)CN(CCO)CC(F)F. The number of ether oxygens (including phenoxy) is 1. The van der Waals surface area contributed by atoms with Crippen LogP contribution in [0.2, 0.25) is 0 Å². The largest absolute Gasteiger partial charge is 0.466 e. The van der Waals surface area contributed by atoms with E-state index in [1.165, 1.54) is 0 Å². The maximum absolute atomic E-state index is 12.1. The van der Waals surface area contributed by atoms with E-state index < -0.39 is 31.1 Å². The predicted molar refractivity (Wildman–Crippen MR) is 55.8 cm³/mol. The number of nitrogens with zero attached hydrogens (tertiary/aromatic N) is 1. The van der Waals surface area contributed by atoms with Crippen LogP contribution in [0.3, 0.4) is 0 Å². The smallest absolute Gasteiger partial charge is 0.313 e. The molecule has 0 saturated heterocycles. The number of carbonyl (C=O) groups excluding carboxylic acids is 2. The van der Waals surface area contributed by atoms with Crippen molar-refractivity contribution in [1.82, 2.24) is 4.90 Å². The average molecular weight is 253 g/mol. The number of esters is 1. The first-order valence-electron chi connectivity index (χ1n) is 5.28. The molecule has 0 rings (SSSR count). The van der Waals surface area contributed by atoms with E-state index in [-0.39, 0.29) is 26.3 Å². The van der Waals surface area contributed by atoms with E-state index in [1.807, 2.05) is 0 Å². The molecule has 0 aliphatic carbocycles. The van der Waals surface area contributed by atoms with Gasteiger partial charge in [-0.05, 0) is 6.92 Å². The molecule has 0 aromatic carbocycles. The van der Waals surface area contributed by atoms with E-state index in [9.17, 15) is 18.4 Å². The molecule has 17 heavy (non-hydrogen) atoms. The Kier molecular flexibility index (Phi) is 8.43. The molecule has 5 nitrogen and oxygen atoms in total. The van der Waals surface area contributed by atoms with Crippen LogP contribution in [0, 0.1) is 0 Å². The molecule has 1 N–H and O–H groups in total. The molecule has 0 atom stereocenters. The van der Waals surface area contributed by atoms with Crippen LogP contribution in [0.25, 0.3) is 0 Å². The fourth-order valence-electron chi connectivity index (χ4n) is 1.25. The molecule has 0 fully saturated rings. The Morgan fingerprint density at radius 2 is 2.06 bits per heavy atom. The Hall–Kier alpha value is -1.08. The lowest BCUT2D eigenvalue weighted by Crippen LogP contribution is -2.36. The van der Waals surface area contributed by atoms with Crippen molar-refractivity contribution in [3.63, 3.8) is 0 Å². The first-order valence-corrected chi connectivity index (χ1v) is 5.28. The first kappa shape index (κ1) is 15.9. The number of carbonyl (C=O) groups is 2. The van der Waals surface area contributed by atoms with Gasteiger partial charge in [0.05, 0.1) is 26.3 Å². The van der Waals surface area contributed by atoms with Gasteiger partial charge in [-0.25, -0.2) is 8.78 Å². The monoisotopic (exact) mass is 253 g/mol. The summed E-state index contributed by atoms with van der Waals surface area (Å²) in [6.07, 6.45) is -3.02. The molecular formula is C10H17F2NO4. The van der Waals surface area contributed by atoms with Gasteiger partial charge in [0.25, 0.3) is 6.43 Å². The highest BCUT2D eigenvalue weighted by Gasteiger charge is 2.17. The Morgan fingerprint density at radius 3 is 2.53 bits per heavy atom. The van der Waals surface area contributed by atoms with Crippen LogP contribution in [0.4, 0.5) is 8.78 Å². The van der Waals surface area contributed by atoms with Gasteiger partial charge in [-0.15, -0.1) is 0 Å². The summed E-state index contributed by atoms with van der Waals surface area (Å²) in [6, 6.07) is 0. The van der Waals surface area contributed by atoms with E-state index >= 15 is 0 Å². The van der Waals surface area contributed by atoms with Gasteiger partial charge >= 0.3 is 5.97 Å². The van der Waals surface area contributed by atoms with Crippen LogP contribution < -0.4 is 0 Å². The van der Waals surface area contributed by atoms with Crippen LogP contribution in [0.5, 0.6) is 0 Å². The molecule has 0 aromatic rings. The zero-order chi connectivity index (χ0) is 13.3. The van der Waals surface area contributed by atoms with Crippen molar-refractivity contribution in [2.45, 2.75) is 19.8 Å². The van der Waals surface area contributed by atoms with Crippen molar-refractivity contribution in [1.29, 1.82) is 0 Å². The molecule has 0 unspecified atom stereocenters. The number of aliphatic hydroxyl groups is 1. The van der Waals surface area contributed by atoms with Crippen LogP contribution in [0.15, 0.2) is 0 Å². The minimum Gasteiger partial charge on any atom is -0.466 e. The van der Waals surface area contributed by atoms with Crippen molar-refractivity contribution >= 4 is 11.8 Å². The fraction of sp³-hybridized carbons (Fsp3) is 0.800. The van der Waals surface area contributed by atoms with Crippen molar-refractivity contribution in [2.75, 3.05) is 32.8 Å². The highest BCUT2D eigenvalue weighted by molar-refractivity contribution is 5.96. The summed E-state index contributed by atoms with van der Waals surface area (Å²) in [5.74, 6) is -1.17. The number of ketones is 1. The quantitative estimate of drug-likeness (QED) is 0.465. The summed E-state index contributed by atoms with van der Waals surface area (Å²) in [7, 11) is 0. The van der Waals surface area contributed by atoms with Crippen molar-refractivity contribution in [3.8, 4) is 0 Å². The first-order chi connectivity index (χ1) is 7.99. The van der Waals surface area contributed by atoms with Crippen molar-refractivity contribution in [2.24, 2.45) is 0 Å². The molecule has 0 aromatic heterocycles. The second-order valence-electron chi connectivity index (χ2n) is 3.37. The molecule has 0 spiro atoms. The summed E-state index contributed by atoms with van der Waals surface area (Å²) in [6.45, 7) is 0.540. The Labute approximate surface area is 98.3 Å². The molecule has 0 aliphatic rings. The van der Waals surface area contributed by atoms with Gasteiger partial charge in [-0.1, -0.05) is 0 Å². The molecule has 100 valence electrons. The summed E-state index contributed by atoms with van der Waals surface area (Å²) in [5, 5.41) is 8.64. The third kappa shape index (κ3) is 8.70. The topological polar surface area (TPSA) is 66.8 Å². The van der Waals surface area contributed by atoms with E-state index in [2.05, 4.69) is 4.74 Å². The second kappa shape index (κ2) is 9.00. The van der Waals surface area contributed by atoms with Gasteiger partial charge < -0.3 is 9.84 Å². The van der Waals surface area contributed by atoms with E-state index in [1.54, 1.807) is 6.92 Å². The minimum atomic E-state index is -2.59. The Bertz CT molecular complexity index is 248. The van der Waals surface area contributed by atoms with Gasteiger partial charge in [0, 0.05) is 6.54 Å². The van der Waals surface area contributed by atoms with E-state index in [4.69, 9.17) is 5.11 Å². The normalized spacial score (nSPS) is 10.9. The second-order valence-corrected chi connectivity index (χ2v) is 3.37. The summed E-state index contributed by atoms with van der Waals surface area (Å²) in [5.41, 5.74) is 0. The van der Waals surface area contributed by atoms with Crippen molar-refractivity contribution in [3.05, 3.63) is 0 Å². The molecule has 0 bridgehead atoms. The fourth-order valence-corrected chi connectivity index (χ4v) is 1.25. The maximum atomic E-state index is 12.1. The van der Waals surface area contributed by atoms with Gasteiger partial charge in [-0.2, -0.15) is 0 Å². The van der Waals surface area contributed by atoms with Gasteiger partial charge in [0.15, 0.2) is 5.78 Å². The predicted octanol–water partition coefficient (Wildman–Crippen LogP) is 0.0681. The average Bonchev–Trinajstić information content (AvgIpc) is 2.16. The third-order valence-corrected chi connectivity index (χ3v) is 1.86. The summed E-state index contributed by atoms with van der Waals surface area (Å²) in [4.78, 5) is 23.4. The van der Waals surface area contributed by atoms with Gasteiger partial charge in [0.1, 0.15) is 6.42 Å². The standard InChI is InChI=1S/C10H17F2NO4/c1-2-17-10(16)5-8(15)6-13(3-4-14)7-9(11)12/h9,14H,2-7H2,1H3. The van der Waals surface area contributed by atoms with Gasteiger partial charge in [-0.3, -0.25) is 14.5 Å².